The van der Waals surface area contributed by atoms with E-state index < -0.39 is 44.1 Å². The lowest BCUT2D eigenvalue weighted by atomic mass is 9.90. The number of aromatic nitrogens is 8. The summed E-state index contributed by atoms with van der Waals surface area (Å²) in [5.74, 6) is -2.95. The predicted molar refractivity (Wildman–Crippen MR) is 432 cm³/mol. The molecular weight excluding hydrogens is 1310 g/mol. The van der Waals surface area contributed by atoms with Gasteiger partial charge in [-0.15, -0.1) is 0 Å². The van der Waals surface area contributed by atoms with Gasteiger partial charge in [0.2, 0.25) is 45.6 Å². The van der Waals surface area contributed by atoms with Gasteiger partial charge in [0, 0.05) is 142 Å². The second kappa shape index (κ2) is 28.6. The number of benzene rings is 4. The lowest BCUT2D eigenvalue weighted by Gasteiger charge is -2.16. The van der Waals surface area contributed by atoms with Crippen molar-refractivity contribution >= 4 is 88.3 Å². The summed E-state index contributed by atoms with van der Waals surface area (Å²) in [6, 6.07) is 48.6. The number of fused-ring (bicyclic) bond motifs is 12. The third-order valence-electron chi connectivity index (χ3n) is 20.1. The fourth-order valence-corrected chi connectivity index (χ4v) is 14.9. The summed E-state index contributed by atoms with van der Waals surface area (Å²) in [4.78, 5) is 18.6. The van der Waals surface area contributed by atoms with Crippen molar-refractivity contribution in [3.63, 3.8) is 0 Å². The molecule has 16 aromatic rings. The van der Waals surface area contributed by atoms with Crippen molar-refractivity contribution in [1.29, 1.82) is 0 Å². The molecule has 538 valence electrons. The molecule has 17 rings (SSSR count). The van der Waals surface area contributed by atoms with Gasteiger partial charge < -0.3 is 17.7 Å². The van der Waals surface area contributed by atoms with Crippen molar-refractivity contribution in [2.45, 2.75) is 160 Å². The normalized spacial score (nSPS) is 17.3. The van der Waals surface area contributed by atoms with Gasteiger partial charge in [-0.05, 0) is 187 Å². The first-order chi connectivity index (χ1) is 55.7. The lowest BCUT2D eigenvalue weighted by Crippen LogP contribution is -2.31. The van der Waals surface area contributed by atoms with Gasteiger partial charge in [0.25, 0.3) is 0 Å². The first-order valence-electron chi connectivity index (χ1n) is 42.8. The summed E-state index contributed by atoms with van der Waals surface area (Å²) in [6.45, 7) is 18.0. The highest BCUT2D eigenvalue weighted by Crippen LogP contribution is 2.43. The van der Waals surface area contributed by atoms with Gasteiger partial charge in [0.1, 0.15) is 28.2 Å². The van der Waals surface area contributed by atoms with E-state index in [1.54, 1.807) is 18.2 Å². The molecule has 0 spiro atoms. The smallest absolute Gasteiger partial charge is 0.227 e. The molecule has 106 heavy (non-hydrogen) atoms. The van der Waals surface area contributed by atoms with E-state index in [2.05, 4.69) is 218 Å². The SMILES string of the molecule is Cc1ccc(-c2c(C)ccc3c2oc2nc(C(C)(C)C)ccc23)[n+](C)c1.[2H]C([2H])([2H])C(C)(Cc1ccc2c(n1)oc1c(-c3ccc(C)c[n+]3C)c(C)ccc12)C([2H])([2H])[2H].[2H]C([2H])([2H])C([2H])(C)Cc1ccc2c(n1)oc1c(-c3ccc(C)c[n+]3C)c(C)ccc12.[2H]C1([2H])CCCC1([2H])c1ccc2c(n1)oc1c(-c3ccc(C)c[n+]3C)c(C)ccc12. The highest BCUT2D eigenvalue weighted by Gasteiger charge is 2.28. The molecule has 2 unspecified atom stereocenters. The highest BCUT2D eigenvalue weighted by atomic mass is 16.4. The largest absolute Gasteiger partial charge is 0.437 e. The van der Waals surface area contributed by atoms with Gasteiger partial charge in [0.05, 0.1) is 22.3 Å². The van der Waals surface area contributed by atoms with Crippen LogP contribution in [0.4, 0.5) is 0 Å². The molecule has 12 nitrogen and oxygen atoms in total. The Bertz CT molecular complexity index is 6680. The fourth-order valence-electron chi connectivity index (χ4n) is 14.9. The molecule has 2 atom stereocenters. The van der Waals surface area contributed by atoms with Gasteiger partial charge in [-0.2, -0.15) is 0 Å². The fraction of sp³-hybridized carbons (Fsp3) is 0.319. The monoisotopic (exact) mass is 1420 g/mol. The standard InChI is InChI=1S/C24H25N2O.C24H27N2O.2C23H25N2O/c1-15-8-13-21(26(3)14-15)22-16(2)9-10-18-19-11-12-20(17-6-4-5-7-17)25-24(19)27-23(18)22;1-15-7-12-20(26(6)14-15)21-16(2)8-10-18-19-11-9-17(13-24(3,4)5)25-23(19)27-22(18)21;1-14-7-11-18(25(6)13-14)20-15(2)8-9-16-17-10-12-19(23(3,4)5)24-22(17)26-21(16)20;1-14(2)12-17-8-10-19-18-9-7-16(4)21(22(18)26-23(19)24-17)20-11-6-15(3)13-25(20)5/h8-14,17H,4-7H2,1-3H3;7-12,14H,13H2,1-6H3;7-13H,1-6H3;6-11,13-14H,12H2,1-5H3/q4*+1/i6D2,17D;3D3,4D3;;1D3,14D. The van der Waals surface area contributed by atoms with E-state index in [0.29, 0.717) is 64.8 Å². The minimum absolute atomic E-state index is 0.00465. The molecule has 0 radical (unpaired) electrons. The summed E-state index contributed by atoms with van der Waals surface area (Å²) in [5.41, 5.74) is 23.3. The number of hydrogen-bond acceptors (Lipinski definition) is 8. The third kappa shape index (κ3) is 14.3. The Kier molecular flexibility index (Phi) is 15.6. The molecule has 0 amide bonds. The average molecular weight is 1420 g/mol. The van der Waals surface area contributed by atoms with Crippen molar-refractivity contribution in [3.8, 4) is 45.0 Å². The molecule has 4 aromatic carbocycles. The predicted octanol–water partition coefficient (Wildman–Crippen LogP) is 22.1. The number of hydrogen-bond donors (Lipinski definition) is 0. The van der Waals surface area contributed by atoms with Gasteiger partial charge in [-0.3, -0.25) is 0 Å². The molecule has 1 saturated carbocycles. The minimum atomic E-state index is -2.67. The molecule has 1 fully saturated rings. The molecular formula is C94H102N8O4+4. The zero-order valence-corrected chi connectivity index (χ0v) is 63.9. The Morgan fingerprint density at radius 3 is 1.14 bits per heavy atom. The van der Waals surface area contributed by atoms with Crippen LogP contribution in [0.1, 0.15) is 172 Å². The van der Waals surface area contributed by atoms with E-state index in [1.807, 2.05) is 71.4 Å². The van der Waals surface area contributed by atoms with Crippen LogP contribution in [0.15, 0.2) is 188 Å². The Morgan fingerprint density at radius 1 is 0.434 bits per heavy atom. The van der Waals surface area contributed by atoms with Crippen LogP contribution in [-0.4, -0.2) is 19.9 Å². The van der Waals surface area contributed by atoms with Crippen LogP contribution in [0.2, 0.25) is 0 Å². The quantitative estimate of drug-likeness (QED) is 0.138. The van der Waals surface area contributed by atoms with Crippen LogP contribution in [0.3, 0.4) is 0 Å². The summed E-state index contributed by atoms with van der Waals surface area (Å²) >= 11 is 0. The first-order valence-corrected chi connectivity index (χ1v) is 36.3. The van der Waals surface area contributed by atoms with Crippen molar-refractivity contribution < 1.29 is 53.8 Å². The molecule has 12 aromatic heterocycles. The summed E-state index contributed by atoms with van der Waals surface area (Å²) in [5, 5.41) is 7.62. The number of pyridine rings is 8. The molecule has 0 N–H and O–H groups in total. The van der Waals surface area contributed by atoms with Crippen LogP contribution >= 0.6 is 0 Å². The van der Waals surface area contributed by atoms with Gasteiger partial charge >= 0.3 is 0 Å². The van der Waals surface area contributed by atoms with E-state index in [-0.39, 0.29) is 18.3 Å². The second-order valence-corrected chi connectivity index (χ2v) is 30.4. The summed E-state index contributed by atoms with van der Waals surface area (Å²) in [7, 11) is 8.12. The number of rotatable bonds is 8. The minimum Gasteiger partial charge on any atom is -0.437 e. The molecule has 1 aliphatic rings. The zero-order chi connectivity index (χ0) is 86.1. The Labute approximate surface area is 641 Å². The van der Waals surface area contributed by atoms with E-state index in [4.69, 9.17) is 40.5 Å². The molecule has 12 heteroatoms. The van der Waals surface area contributed by atoms with Crippen molar-refractivity contribution in [2.24, 2.45) is 39.5 Å². The molecule has 12 heterocycles. The molecule has 0 bridgehead atoms. The van der Waals surface area contributed by atoms with Crippen molar-refractivity contribution in [2.75, 3.05) is 0 Å². The van der Waals surface area contributed by atoms with Crippen LogP contribution in [0.25, 0.3) is 133 Å². The Balaban J connectivity index is 0.000000131. The van der Waals surface area contributed by atoms with Crippen molar-refractivity contribution in [1.82, 2.24) is 19.9 Å². The summed E-state index contributed by atoms with van der Waals surface area (Å²) < 4.78 is 137. The number of aryl methyl sites for hydroxylation is 12. The number of nitrogens with zero attached hydrogens (tertiary/aromatic N) is 8. The second-order valence-electron chi connectivity index (χ2n) is 30.4. The van der Waals surface area contributed by atoms with Gasteiger partial charge in [0.15, 0.2) is 47.1 Å². The Hall–Kier alpha value is -10.7. The van der Waals surface area contributed by atoms with Crippen LogP contribution < -0.4 is 18.3 Å². The van der Waals surface area contributed by atoms with E-state index >= 15 is 0 Å². The van der Waals surface area contributed by atoms with E-state index in [0.717, 1.165) is 133 Å². The van der Waals surface area contributed by atoms with Crippen molar-refractivity contribution in [3.05, 3.63) is 238 Å². The lowest BCUT2D eigenvalue weighted by molar-refractivity contribution is -0.660. The molecule has 1 aliphatic carbocycles. The zero-order valence-electron chi connectivity index (χ0n) is 76.9. The van der Waals surface area contributed by atoms with Crippen LogP contribution in [0.5, 0.6) is 0 Å². The van der Waals surface area contributed by atoms with Gasteiger partial charge in [-0.1, -0.05) is 117 Å². The number of furan rings is 4. The maximum Gasteiger partial charge on any atom is 0.227 e. The van der Waals surface area contributed by atoms with E-state index in [1.165, 1.54) is 36.1 Å². The topological polar surface area (TPSA) is 120 Å². The average Bonchev–Trinajstić information content (AvgIpc) is 1.62. The maximum absolute atomic E-state index is 8.81. The Morgan fingerprint density at radius 2 is 0.783 bits per heavy atom. The van der Waals surface area contributed by atoms with E-state index in [9.17, 15) is 0 Å². The van der Waals surface area contributed by atoms with Crippen LogP contribution in [-0.2, 0) is 46.4 Å². The first kappa shape index (κ1) is 57.6. The summed E-state index contributed by atoms with van der Waals surface area (Å²) in [6.07, 6.45) is 8.16. The highest BCUT2D eigenvalue weighted by molar-refractivity contribution is 6.12. The maximum atomic E-state index is 8.81. The third-order valence-corrected chi connectivity index (χ3v) is 20.1. The van der Waals surface area contributed by atoms with Crippen LogP contribution in [0, 0.1) is 66.7 Å². The molecule has 0 aliphatic heterocycles. The molecule has 0 saturated heterocycles. The van der Waals surface area contributed by atoms with Gasteiger partial charge in [-0.25, -0.2) is 38.2 Å².